The Morgan fingerprint density at radius 3 is 2.33 bits per heavy atom. The summed E-state index contributed by atoms with van der Waals surface area (Å²) in [4.78, 5) is 0. The van der Waals surface area contributed by atoms with E-state index < -0.39 is 0 Å². The summed E-state index contributed by atoms with van der Waals surface area (Å²) >= 11 is 0. The Balaban J connectivity index is 2.96. The van der Waals surface area contributed by atoms with Gasteiger partial charge in [0, 0.05) is 12.7 Å². The average molecular weight is 238 g/mol. The third-order valence-electron chi connectivity index (χ3n) is 2.92. The summed E-state index contributed by atoms with van der Waals surface area (Å²) in [6.45, 7) is 6.15. The first kappa shape index (κ1) is 12.2. The Kier molecular flexibility index (Phi) is 3.68. The summed E-state index contributed by atoms with van der Waals surface area (Å²) in [5, 5.41) is 4.29. The average Bonchev–Trinajstić information content (AvgIpc) is 2.46. The number of hydrogen-bond acceptors (Lipinski definition) is 1. The van der Waals surface area contributed by atoms with Crippen molar-refractivity contribution in [1.82, 2.24) is 9.88 Å². The zero-order chi connectivity index (χ0) is 13.0. The van der Waals surface area contributed by atoms with Crippen LogP contribution in [-0.4, -0.2) is 11.6 Å². The minimum absolute atomic E-state index is 0.861. The molecule has 0 aliphatic carbocycles. The second-order valence-corrected chi connectivity index (χ2v) is 4.14. The number of benzene rings is 1. The van der Waals surface area contributed by atoms with Crippen LogP contribution in [0.15, 0.2) is 61.2 Å². The van der Waals surface area contributed by atoms with Crippen molar-refractivity contribution < 1.29 is 0 Å². The maximum Gasteiger partial charge on any atom is 0.102 e. The summed E-state index contributed by atoms with van der Waals surface area (Å²) in [6.07, 6.45) is 0. The van der Waals surface area contributed by atoms with E-state index >= 15 is 0 Å². The summed E-state index contributed by atoms with van der Waals surface area (Å²) in [7, 11) is 1.89. The number of nitrogens with zero attached hydrogens (tertiary/aromatic N) is 1. The molecule has 0 saturated heterocycles. The highest BCUT2D eigenvalue weighted by Crippen LogP contribution is 2.15. The topological polar surface area (TPSA) is 17.0 Å². The van der Waals surface area contributed by atoms with Gasteiger partial charge >= 0.3 is 0 Å². The molecular weight excluding hydrogens is 220 g/mol. The highest BCUT2D eigenvalue weighted by molar-refractivity contribution is 5.81. The molecule has 18 heavy (non-hydrogen) atoms. The van der Waals surface area contributed by atoms with Crippen LogP contribution < -0.4 is 5.32 Å². The molecule has 1 N–H and O–H groups in total. The first-order valence-electron chi connectivity index (χ1n) is 6.01. The van der Waals surface area contributed by atoms with Gasteiger partial charge in [-0.25, -0.2) is 0 Å². The van der Waals surface area contributed by atoms with E-state index in [0.29, 0.717) is 0 Å². The van der Waals surface area contributed by atoms with Gasteiger partial charge < -0.3 is 9.88 Å². The van der Waals surface area contributed by atoms with Gasteiger partial charge in [0.15, 0.2) is 0 Å². The van der Waals surface area contributed by atoms with Gasteiger partial charge in [-0.2, -0.15) is 0 Å². The molecule has 0 saturated carbocycles. The predicted octanol–water partition coefficient (Wildman–Crippen LogP) is 3.72. The lowest BCUT2D eigenvalue weighted by atomic mass is 10.2. The minimum Gasteiger partial charge on any atom is -0.375 e. The van der Waals surface area contributed by atoms with E-state index in [1.807, 2.05) is 37.4 Å². The molecule has 0 aliphatic heterocycles. The van der Waals surface area contributed by atoms with Crippen molar-refractivity contribution in [3.8, 4) is 0 Å². The van der Waals surface area contributed by atoms with Gasteiger partial charge in [0.2, 0.25) is 0 Å². The van der Waals surface area contributed by atoms with Gasteiger partial charge in [-0.3, -0.25) is 0 Å². The van der Waals surface area contributed by atoms with E-state index in [9.17, 15) is 0 Å². The van der Waals surface area contributed by atoms with Gasteiger partial charge in [-0.05, 0) is 24.4 Å². The zero-order valence-electron chi connectivity index (χ0n) is 10.9. The quantitative estimate of drug-likeness (QED) is 0.843. The van der Waals surface area contributed by atoms with Crippen LogP contribution in [0.25, 0.3) is 16.7 Å². The van der Waals surface area contributed by atoms with Gasteiger partial charge in [0.05, 0.1) is 5.52 Å². The summed E-state index contributed by atoms with van der Waals surface area (Å²) < 4.78 is 2.12. The second kappa shape index (κ2) is 5.41. The van der Waals surface area contributed by atoms with Crippen molar-refractivity contribution in [1.29, 1.82) is 0 Å². The SMILES string of the molecule is C=C(NC)n1c(C)cccccc2ccccc21. The number of para-hydroxylation sites is 1. The Hall–Kier alpha value is -2.22. The maximum absolute atomic E-state index is 4.07. The molecule has 1 heterocycles. The van der Waals surface area contributed by atoms with E-state index in [0.717, 1.165) is 17.0 Å². The molecule has 0 radical (unpaired) electrons. The van der Waals surface area contributed by atoms with Crippen LogP contribution in [0.5, 0.6) is 0 Å². The largest absolute Gasteiger partial charge is 0.375 e. The fourth-order valence-electron chi connectivity index (χ4n) is 1.98. The molecular formula is C16H18N2. The van der Waals surface area contributed by atoms with Gasteiger partial charge in [0.25, 0.3) is 0 Å². The third-order valence-corrected chi connectivity index (χ3v) is 2.92. The van der Waals surface area contributed by atoms with Crippen LogP contribution in [-0.2, 0) is 0 Å². The number of aryl methyl sites for hydroxylation is 1. The molecule has 92 valence electrons. The maximum atomic E-state index is 4.07. The van der Waals surface area contributed by atoms with Crippen molar-refractivity contribution in [3.63, 3.8) is 0 Å². The Morgan fingerprint density at radius 2 is 1.61 bits per heavy atom. The fourth-order valence-corrected chi connectivity index (χ4v) is 1.98. The van der Waals surface area contributed by atoms with Gasteiger partial charge in [0.1, 0.15) is 5.82 Å². The lowest BCUT2D eigenvalue weighted by Gasteiger charge is -2.14. The third kappa shape index (κ3) is 2.38. The lowest BCUT2D eigenvalue weighted by Crippen LogP contribution is -2.12. The molecule has 1 aromatic carbocycles. The number of hydrogen-bond donors (Lipinski definition) is 1. The molecule has 0 amide bonds. The van der Waals surface area contributed by atoms with Crippen LogP contribution in [0.3, 0.4) is 0 Å². The van der Waals surface area contributed by atoms with Crippen molar-refractivity contribution in [2.75, 3.05) is 7.05 Å². The first-order valence-corrected chi connectivity index (χ1v) is 6.01. The van der Waals surface area contributed by atoms with Crippen molar-refractivity contribution in [2.45, 2.75) is 6.92 Å². The summed E-state index contributed by atoms with van der Waals surface area (Å²) in [5.74, 6) is 0.861. The molecule has 1 aromatic heterocycles. The molecule has 2 rings (SSSR count). The van der Waals surface area contributed by atoms with Crippen molar-refractivity contribution in [2.24, 2.45) is 0 Å². The van der Waals surface area contributed by atoms with Crippen LogP contribution in [0.2, 0.25) is 0 Å². The standard InChI is InChI=1S/C16H18N2/c1-13-9-5-4-6-10-15-11-7-8-12-16(15)18(13)14(2)17-3/h4-12,17H,2H2,1,3H3. The summed E-state index contributed by atoms with van der Waals surface area (Å²) in [6, 6.07) is 18.6. The molecule has 2 heteroatoms. The molecule has 2 nitrogen and oxygen atoms in total. The minimum atomic E-state index is 0.861. The van der Waals surface area contributed by atoms with Crippen LogP contribution >= 0.6 is 0 Å². The van der Waals surface area contributed by atoms with Crippen LogP contribution in [0.4, 0.5) is 0 Å². The Labute approximate surface area is 108 Å². The predicted molar refractivity (Wildman–Crippen MR) is 78.7 cm³/mol. The van der Waals surface area contributed by atoms with E-state index in [-0.39, 0.29) is 0 Å². The molecule has 0 fully saturated rings. The number of aromatic nitrogens is 1. The highest BCUT2D eigenvalue weighted by Gasteiger charge is 2.00. The summed E-state index contributed by atoms with van der Waals surface area (Å²) in [5.41, 5.74) is 2.26. The van der Waals surface area contributed by atoms with Crippen LogP contribution in [0.1, 0.15) is 5.69 Å². The molecule has 0 aliphatic rings. The van der Waals surface area contributed by atoms with Crippen molar-refractivity contribution >= 4 is 16.7 Å². The van der Waals surface area contributed by atoms with Gasteiger partial charge in [-0.15, -0.1) is 0 Å². The zero-order valence-corrected chi connectivity index (χ0v) is 10.9. The van der Waals surface area contributed by atoms with E-state index in [1.54, 1.807) is 0 Å². The molecule has 0 unspecified atom stereocenters. The molecule has 0 atom stereocenters. The van der Waals surface area contributed by atoms with E-state index in [1.165, 1.54) is 5.39 Å². The second-order valence-electron chi connectivity index (χ2n) is 4.14. The highest BCUT2D eigenvalue weighted by atomic mass is 15.1. The molecule has 2 aromatic rings. The first-order chi connectivity index (χ1) is 8.74. The molecule has 0 spiro atoms. The Bertz CT molecular complexity index is 622. The number of rotatable bonds is 2. The van der Waals surface area contributed by atoms with E-state index in [2.05, 4.69) is 47.7 Å². The normalized spacial score (nSPS) is 9.89. The Morgan fingerprint density at radius 1 is 1.00 bits per heavy atom. The number of nitrogens with one attached hydrogen (secondary N) is 1. The number of fused-ring (bicyclic) bond motifs is 1. The lowest BCUT2D eigenvalue weighted by molar-refractivity contribution is 0.949. The van der Waals surface area contributed by atoms with E-state index in [4.69, 9.17) is 0 Å². The van der Waals surface area contributed by atoms with Crippen molar-refractivity contribution in [3.05, 3.63) is 66.9 Å². The molecule has 0 bridgehead atoms. The monoisotopic (exact) mass is 238 g/mol. The fraction of sp³-hybridized carbons (Fsp3) is 0.125. The smallest absolute Gasteiger partial charge is 0.102 e. The van der Waals surface area contributed by atoms with Gasteiger partial charge in [-0.1, -0.05) is 49.0 Å². The van der Waals surface area contributed by atoms with Crippen LogP contribution in [0, 0.1) is 6.92 Å².